The first kappa shape index (κ1) is 21.7. The zero-order valence-corrected chi connectivity index (χ0v) is 13.9. The Labute approximate surface area is 145 Å². The second kappa shape index (κ2) is 12.1. The third-order valence-electron chi connectivity index (χ3n) is 3.43. The maximum Gasteiger partial charge on any atom is 0.234 e. The van der Waals surface area contributed by atoms with Gasteiger partial charge in [-0.2, -0.15) is 0 Å². The van der Waals surface area contributed by atoms with Crippen molar-refractivity contribution in [2.45, 2.75) is 31.0 Å². The van der Waals surface area contributed by atoms with Crippen molar-refractivity contribution in [3.63, 3.8) is 0 Å². The molecule has 0 aromatic heterocycles. The molecule has 11 nitrogen and oxygen atoms in total. The second-order valence-electron chi connectivity index (χ2n) is 5.49. The maximum atomic E-state index is 11.5. The largest absolute Gasteiger partial charge is 0.395 e. The fourth-order valence-electron chi connectivity index (χ4n) is 2.15. The SMILES string of the molecule is O=C(CNCC(=O)NCCO[C@H]1OC(CO)[C@@H](O)CC1O)NCCO. The Balaban J connectivity index is 2.10. The van der Waals surface area contributed by atoms with Gasteiger partial charge in [0.2, 0.25) is 11.8 Å². The normalized spacial score (nSPS) is 26.2. The van der Waals surface area contributed by atoms with Gasteiger partial charge in [-0.05, 0) is 0 Å². The van der Waals surface area contributed by atoms with Gasteiger partial charge in [-0.1, -0.05) is 0 Å². The van der Waals surface area contributed by atoms with E-state index in [-0.39, 0.29) is 64.2 Å². The molecule has 146 valence electrons. The van der Waals surface area contributed by atoms with Crippen molar-refractivity contribution in [1.29, 1.82) is 0 Å². The number of aliphatic hydroxyl groups excluding tert-OH is 4. The van der Waals surface area contributed by atoms with Crippen LogP contribution in [-0.2, 0) is 19.1 Å². The number of nitrogens with one attached hydrogen (secondary N) is 3. The lowest BCUT2D eigenvalue weighted by atomic mass is 10.0. The summed E-state index contributed by atoms with van der Waals surface area (Å²) in [6.45, 7) is -0.251. The van der Waals surface area contributed by atoms with Crippen LogP contribution in [0.2, 0.25) is 0 Å². The highest BCUT2D eigenvalue weighted by Crippen LogP contribution is 2.20. The van der Waals surface area contributed by atoms with Gasteiger partial charge >= 0.3 is 0 Å². The Hall–Kier alpha value is -1.34. The summed E-state index contributed by atoms with van der Waals surface area (Å²) in [5.74, 6) is -0.665. The summed E-state index contributed by atoms with van der Waals surface area (Å²) in [5, 5.41) is 44.5. The average molecular weight is 365 g/mol. The van der Waals surface area contributed by atoms with Gasteiger partial charge < -0.3 is 40.5 Å². The molecule has 0 spiro atoms. The molecule has 2 unspecified atom stereocenters. The maximum absolute atomic E-state index is 11.5. The predicted molar refractivity (Wildman–Crippen MR) is 84.3 cm³/mol. The number of hydrogen-bond donors (Lipinski definition) is 7. The molecule has 0 aromatic rings. The summed E-state index contributed by atoms with van der Waals surface area (Å²) >= 11 is 0. The van der Waals surface area contributed by atoms with Gasteiger partial charge in [-0.3, -0.25) is 14.9 Å². The first-order valence-corrected chi connectivity index (χ1v) is 8.07. The lowest BCUT2D eigenvalue weighted by Gasteiger charge is -2.36. The van der Waals surface area contributed by atoms with Gasteiger partial charge in [0.25, 0.3) is 0 Å². The molecule has 2 amide bonds. The lowest BCUT2D eigenvalue weighted by Crippen LogP contribution is -2.50. The van der Waals surface area contributed by atoms with Crippen molar-refractivity contribution in [1.82, 2.24) is 16.0 Å². The fraction of sp³-hybridized carbons (Fsp3) is 0.857. The molecule has 1 aliphatic rings. The van der Waals surface area contributed by atoms with E-state index < -0.39 is 24.6 Å². The fourth-order valence-corrected chi connectivity index (χ4v) is 2.15. The monoisotopic (exact) mass is 365 g/mol. The quantitative estimate of drug-likeness (QED) is 0.179. The average Bonchev–Trinajstić information content (AvgIpc) is 2.58. The summed E-state index contributed by atoms with van der Waals surface area (Å²) in [6, 6.07) is 0. The lowest BCUT2D eigenvalue weighted by molar-refractivity contribution is -0.269. The van der Waals surface area contributed by atoms with Crippen molar-refractivity contribution in [2.24, 2.45) is 0 Å². The molecule has 0 aromatic carbocycles. The van der Waals surface area contributed by atoms with E-state index in [1.807, 2.05) is 0 Å². The van der Waals surface area contributed by atoms with Crippen LogP contribution in [0.4, 0.5) is 0 Å². The van der Waals surface area contributed by atoms with Crippen LogP contribution in [0.1, 0.15) is 6.42 Å². The van der Waals surface area contributed by atoms with Gasteiger partial charge in [0, 0.05) is 19.5 Å². The van der Waals surface area contributed by atoms with Crippen LogP contribution in [0.5, 0.6) is 0 Å². The minimum atomic E-state index is -1.02. The third-order valence-corrected chi connectivity index (χ3v) is 3.43. The van der Waals surface area contributed by atoms with Crippen LogP contribution in [-0.4, -0.2) is 103 Å². The number of rotatable bonds is 11. The molecule has 1 rings (SSSR count). The Kier molecular flexibility index (Phi) is 10.5. The number of amides is 2. The van der Waals surface area contributed by atoms with E-state index in [4.69, 9.17) is 19.7 Å². The Bertz CT molecular complexity index is 412. The van der Waals surface area contributed by atoms with Crippen molar-refractivity contribution >= 4 is 11.8 Å². The standard InChI is InChI=1S/C14H27N3O8/c18-3-1-16-12(22)6-15-7-13(23)17-2-4-24-14-10(21)5-9(20)11(8-19)25-14/h9-11,14-15,18-21H,1-8H2,(H,16,22)(H,17,23)/t9-,10?,11?,14-/m0/s1. The van der Waals surface area contributed by atoms with Crippen molar-refractivity contribution in [2.75, 3.05) is 46.0 Å². The molecule has 7 N–H and O–H groups in total. The highest BCUT2D eigenvalue weighted by Gasteiger charge is 2.36. The van der Waals surface area contributed by atoms with Crippen molar-refractivity contribution < 1.29 is 39.5 Å². The Morgan fingerprint density at radius 2 is 1.68 bits per heavy atom. The third kappa shape index (κ3) is 8.54. The topological polar surface area (TPSA) is 170 Å². The number of carbonyl (C=O) groups excluding carboxylic acids is 2. The van der Waals surface area contributed by atoms with Gasteiger partial charge in [-0.25, -0.2) is 0 Å². The Morgan fingerprint density at radius 3 is 2.28 bits per heavy atom. The van der Waals surface area contributed by atoms with Crippen LogP contribution in [0.25, 0.3) is 0 Å². The smallest absolute Gasteiger partial charge is 0.234 e. The van der Waals surface area contributed by atoms with Gasteiger partial charge in [0.1, 0.15) is 12.2 Å². The van der Waals surface area contributed by atoms with E-state index in [1.165, 1.54) is 0 Å². The van der Waals surface area contributed by atoms with Crippen LogP contribution in [0.3, 0.4) is 0 Å². The van der Waals surface area contributed by atoms with Crippen molar-refractivity contribution in [3.05, 3.63) is 0 Å². The summed E-state index contributed by atoms with van der Waals surface area (Å²) in [7, 11) is 0. The number of hydrogen-bond acceptors (Lipinski definition) is 9. The highest BCUT2D eigenvalue weighted by molar-refractivity contribution is 5.81. The van der Waals surface area contributed by atoms with E-state index in [9.17, 15) is 19.8 Å². The molecule has 4 atom stereocenters. The highest BCUT2D eigenvalue weighted by atomic mass is 16.7. The molecule has 1 fully saturated rings. The van der Waals surface area contributed by atoms with Crippen LogP contribution >= 0.6 is 0 Å². The van der Waals surface area contributed by atoms with Gasteiger partial charge in [0.15, 0.2) is 6.29 Å². The molecule has 25 heavy (non-hydrogen) atoms. The first-order chi connectivity index (χ1) is 12.0. The Morgan fingerprint density at radius 1 is 1.04 bits per heavy atom. The number of aliphatic hydroxyl groups is 4. The summed E-state index contributed by atoms with van der Waals surface area (Å²) < 4.78 is 10.5. The first-order valence-electron chi connectivity index (χ1n) is 8.07. The minimum absolute atomic E-state index is 0.0323. The number of ether oxygens (including phenoxy) is 2. The molecular formula is C14H27N3O8. The van der Waals surface area contributed by atoms with E-state index in [1.54, 1.807) is 0 Å². The van der Waals surface area contributed by atoms with E-state index in [0.29, 0.717) is 0 Å². The predicted octanol–water partition coefficient (Wildman–Crippen LogP) is -4.35. The molecule has 0 saturated carbocycles. The van der Waals surface area contributed by atoms with E-state index in [2.05, 4.69) is 16.0 Å². The van der Waals surface area contributed by atoms with E-state index >= 15 is 0 Å². The van der Waals surface area contributed by atoms with Crippen LogP contribution < -0.4 is 16.0 Å². The zero-order valence-electron chi connectivity index (χ0n) is 13.9. The van der Waals surface area contributed by atoms with Gasteiger partial charge in [0.05, 0.1) is 39.0 Å². The molecular weight excluding hydrogens is 338 g/mol. The molecule has 1 saturated heterocycles. The van der Waals surface area contributed by atoms with Gasteiger partial charge in [-0.15, -0.1) is 0 Å². The molecule has 0 bridgehead atoms. The summed E-state index contributed by atoms with van der Waals surface area (Å²) in [6.07, 6.45) is -3.74. The summed E-state index contributed by atoms with van der Waals surface area (Å²) in [4.78, 5) is 22.8. The molecule has 1 heterocycles. The zero-order chi connectivity index (χ0) is 18.7. The molecule has 0 aliphatic carbocycles. The minimum Gasteiger partial charge on any atom is -0.395 e. The molecule has 11 heteroatoms. The number of carbonyl (C=O) groups is 2. The summed E-state index contributed by atoms with van der Waals surface area (Å²) in [5.41, 5.74) is 0. The van der Waals surface area contributed by atoms with Crippen molar-refractivity contribution in [3.8, 4) is 0 Å². The van der Waals surface area contributed by atoms with Crippen LogP contribution in [0.15, 0.2) is 0 Å². The van der Waals surface area contributed by atoms with Crippen LogP contribution in [0, 0.1) is 0 Å². The van der Waals surface area contributed by atoms with E-state index in [0.717, 1.165) is 0 Å². The second-order valence-corrected chi connectivity index (χ2v) is 5.49. The molecule has 1 aliphatic heterocycles. The molecule has 0 radical (unpaired) electrons.